The van der Waals surface area contributed by atoms with Gasteiger partial charge in [0, 0.05) is 0 Å². The Bertz CT molecular complexity index is 789. The number of aryl methyl sites for hydroxylation is 1. The highest BCUT2D eigenvalue weighted by molar-refractivity contribution is 5.90. The van der Waals surface area contributed by atoms with E-state index in [2.05, 4.69) is 62.1 Å². The molecule has 0 aliphatic heterocycles. The zero-order valence-corrected chi connectivity index (χ0v) is 11.3. The molecule has 19 heavy (non-hydrogen) atoms. The third kappa shape index (κ3) is 1.84. The summed E-state index contributed by atoms with van der Waals surface area (Å²) in [6.45, 7) is 5.98. The summed E-state index contributed by atoms with van der Waals surface area (Å²) in [6.07, 6.45) is 13.1. The van der Waals surface area contributed by atoms with Gasteiger partial charge in [-0.25, -0.2) is 0 Å². The molecule has 0 spiro atoms. The molecule has 0 unspecified atom stereocenters. The highest BCUT2D eigenvalue weighted by Gasteiger charge is 2.11. The van der Waals surface area contributed by atoms with E-state index in [1.54, 1.807) is 0 Å². The van der Waals surface area contributed by atoms with Crippen LogP contribution >= 0.6 is 0 Å². The minimum Gasteiger partial charge on any atom is -0.0990 e. The summed E-state index contributed by atoms with van der Waals surface area (Å²) in [5.41, 5.74) is 2.86. The van der Waals surface area contributed by atoms with Gasteiger partial charge < -0.3 is 0 Å². The van der Waals surface area contributed by atoms with Gasteiger partial charge in [0.1, 0.15) is 0 Å². The van der Waals surface area contributed by atoms with Gasteiger partial charge in [0.2, 0.25) is 0 Å². The Labute approximate surface area is 114 Å². The molecule has 3 rings (SSSR count). The number of hydrogen-bond donors (Lipinski definition) is 0. The molecular weight excluding hydrogens is 228 g/mol. The van der Waals surface area contributed by atoms with Crippen LogP contribution in [-0.2, 0) is 6.42 Å². The highest BCUT2D eigenvalue weighted by Crippen LogP contribution is 2.23. The number of benzene rings is 2. The molecule has 0 N–H and O–H groups in total. The monoisotopic (exact) mass is 246 g/mol. The van der Waals surface area contributed by atoms with Crippen LogP contribution in [-0.4, -0.2) is 0 Å². The van der Waals surface area contributed by atoms with E-state index in [0.29, 0.717) is 0 Å². The Kier molecular flexibility index (Phi) is 3.08. The molecular formula is C19H18. The minimum atomic E-state index is 1.13. The Morgan fingerprint density at radius 2 is 1.89 bits per heavy atom. The Hall–Kier alpha value is -2.08. The second-order valence-electron chi connectivity index (χ2n) is 4.90. The largest absolute Gasteiger partial charge is 0.0990 e. The maximum Gasteiger partial charge on any atom is -0.0106 e. The van der Waals surface area contributed by atoms with Crippen molar-refractivity contribution in [3.05, 3.63) is 64.6 Å². The average molecular weight is 246 g/mol. The average Bonchev–Trinajstić information content (AvgIpc) is 2.48. The van der Waals surface area contributed by atoms with Gasteiger partial charge in [-0.2, -0.15) is 0 Å². The summed E-state index contributed by atoms with van der Waals surface area (Å²) in [5, 5.41) is 5.38. The Morgan fingerprint density at radius 3 is 2.63 bits per heavy atom. The zero-order chi connectivity index (χ0) is 13.2. The molecule has 0 saturated carbocycles. The van der Waals surface area contributed by atoms with Crippen molar-refractivity contribution in [3.63, 3.8) is 0 Å². The third-order valence-electron chi connectivity index (χ3n) is 3.87. The van der Waals surface area contributed by atoms with Crippen LogP contribution in [0.1, 0.15) is 24.5 Å². The fourth-order valence-electron chi connectivity index (χ4n) is 3.08. The van der Waals surface area contributed by atoms with Gasteiger partial charge in [-0.15, -0.1) is 0 Å². The molecule has 0 nitrogen and oxygen atoms in total. The van der Waals surface area contributed by atoms with Crippen molar-refractivity contribution in [2.24, 2.45) is 0 Å². The Balaban J connectivity index is 2.65. The Morgan fingerprint density at radius 1 is 1.11 bits per heavy atom. The standard InChI is InChI=1S/C19H18/c1-3-9-15-14(4-2)16-10-5-6-12-18(16)19-13-8-7-11-17(15)19/h3-7,9-12H,1,8,13H2,2H3/b14-4+,15-9+. The lowest BCUT2D eigenvalue weighted by Crippen LogP contribution is -2.30. The predicted molar refractivity (Wildman–Crippen MR) is 85.4 cm³/mol. The number of rotatable bonds is 1. The van der Waals surface area contributed by atoms with E-state index >= 15 is 0 Å². The SMILES string of the molecule is C=C/C=c1/c2c(c3ccccc3/c1=C/C)CCC=C2. The van der Waals surface area contributed by atoms with Gasteiger partial charge in [-0.05, 0) is 52.1 Å². The van der Waals surface area contributed by atoms with Crippen LogP contribution in [0.15, 0.2) is 43.0 Å². The normalized spacial score (nSPS) is 15.8. The lowest BCUT2D eigenvalue weighted by atomic mass is 9.88. The number of allylic oxidation sites excluding steroid dienone is 2. The summed E-state index contributed by atoms with van der Waals surface area (Å²) in [5.74, 6) is 0. The fraction of sp³-hybridized carbons (Fsp3) is 0.158. The van der Waals surface area contributed by atoms with E-state index in [-0.39, 0.29) is 0 Å². The third-order valence-corrected chi connectivity index (χ3v) is 3.87. The van der Waals surface area contributed by atoms with Gasteiger partial charge in [0.15, 0.2) is 0 Å². The van der Waals surface area contributed by atoms with Crippen LogP contribution in [0.2, 0.25) is 0 Å². The van der Waals surface area contributed by atoms with E-state index in [4.69, 9.17) is 0 Å². The van der Waals surface area contributed by atoms with E-state index in [1.165, 1.54) is 32.3 Å². The van der Waals surface area contributed by atoms with Crippen LogP contribution in [0, 0.1) is 0 Å². The van der Waals surface area contributed by atoms with E-state index in [0.717, 1.165) is 12.8 Å². The van der Waals surface area contributed by atoms with E-state index in [9.17, 15) is 0 Å². The number of fused-ring (bicyclic) bond motifs is 3. The van der Waals surface area contributed by atoms with Gasteiger partial charge in [0.25, 0.3) is 0 Å². The molecule has 0 saturated heterocycles. The molecule has 0 atom stereocenters. The molecule has 1 aliphatic rings. The zero-order valence-electron chi connectivity index (χ0n) is 11.3. The second-order valence-corrected chi connectivity index (χ2v) is 4.90. The van der Waals surface area contributed by atoms with Crippen LogP contribution in [0.25, 0.3) is 29.0 Å². The van der Waals surface area contributed by atoms with Gasteiger partial charge in [-0.3, -0.25) is 0 Å². The van der Waals surface area contributed by atoms with Gasteiger partial charge in [-0.1, -0.05) is 61.2 Å². The van der Waals surface area contributed by atoms with Crippen molar-refractivity contribution in [1.29, 1.82) is 0 Å². The topological polar surface area (TPSA) is 0 Å². The smallest absolute Gasteiger partial charge is 0.0106 e. The van der Waals surface area contributed by atoms with Crippen LogP contribution in [0.5, 0.6) is 0 Å². The highest BCUT2D eigenvalue weighted by atomic mass is 14.2. The summed E-state index contributed by atoms with van der Waals surface area (Å²) < 4.78 is 0. The first-order valence-corrected chi connectivity index (χ1v) is 6.86. The van der Waals surface area contributed by atoms with Crippen molar-refractivity contribution in [1.82, 2.24) is 0 Å². The summed E-state index contributed by atoms with van der Waals surface area (Å²) in [4.78, 5) is 0. The van der Waals surface area contributed by atoms with Gasteiger partial charge >= 0.3 is 0 Å². The quantitative estimate of drug-likeness (QED) is 0.721. The van der Waals surface area contributed by atoms with Crippen molar-refractivity contribution in [2.45, 2.75) is 19.8 Å². The molecule has 0 bridgehead atoms. The van der Waals surface area contributed by atoms with Crippen molar-refractivity contribution >= 4 is 29.0 Å². The van der Waals surface area contributed by atoms with E-state index < -0.39 is 0 Å². The first kappa shape index (κ1) is 12.0. The summed E-state index contributed by atoms with van der Waals surface area (Å²) in [7, 11) is 0. The first-order valence-electron chi connectivity index (χ1n) is 6.86. The molecule has 0 heterocycles. The maximum absolute atomic E-state index is 3.87. The number of hydrogen-bond acceptors (Lipinski definition) is 0. The molecule has 2 aromatic carbocycles. The van der Waals surface area contributed by atoms with Crippen LogP contribution in [0.3, 0.4) is 0 Å². The molecule has 0 radical (unpaired) electrons. The maximum atomic E-state index is 3.87. The van der Waals surface area contributed by atoms with Gasteiger partial charge in [0.05, 0.1) is 0 Å². The molecule has 94 valence electrons. The predicted octanol–water partition coefficient (Wildman–Crippen LogP) is 3.57. The molecule has 2 aromatic rings. The molecule has 0 aromatic heterocycles. The van der Waals surface area contributed by atoms with E-state index in [1.807, 2.05) is 6.08 Å². The van der Waals surface area contributed by atoms with Crippen LogP contribution in [0.4, 0.5) is 0 Å². The summed E-state index contributed by atoms with van der Waals surface area (Å²) in [6, 6.07) is 8.73. The molecule has 1 aliphatic carbocycles. The van der Waals surface area contributed by atoms with Crippen molar-refractivity contribution in [2.75, 3.05) is 0 Å². The molecule has 0 fully saturated rings. The minimum absolute atomic E-state index is 1.13. The first-order chi connectivity index (χ1) is 9.36. The lowest BCUT2D eigenvalue weighted by molar-refractivity contribution is 0.993. The van der Waals surface area contributed by atoms with Crippen molar-refractivity contribution in [3.8, 4) is 0 Å². The second kappa shape index (κ2) is 4.89. The van der Waals surface area contributed by atoms with Crippen molar-refractivity contribution < 1.29 is 0 Å². The molecule has 0 heteroatoms. The van der Waals surface area contributed by atoms with Crippen LogP contribution < -0.4 is 10.4 Å². The molecule has 0 amide bonds. The fourth-order valence-corrected chi connectivity index (χ4v) is 3.08. The summed E-state index contributed by atoms with van der Waals surface area (Å²) >= 11 is 0. The lowest BCUT2D eigenvalue weighted by Gasteiger charge is -2.16.